The van der Waals surface area contributed by atoms with Gasteiger partial charge in [-0.05, 0) is 19.1 Å². The van der Waals surface area contributed by atoms with E-state index in [9.17, 15) is 4.79 Å². The first-order valence-corrected chi connectivity index (χ1v) is 4.27. The summed E-state index contributed by atoms with van der Waals surface area (Å²) in [4.78, 5) is 11.4. The van der Waals surface area contributed by atoms with Gasteiger partial charge in [0.25, 0.3) is 0 Å². The quantitative estimate of drug-likeness (QED) is 0.694. The second-order valence-corrected chi connectivity index (χ2v) is 3.09. The van der Waals surface area contributed by atoms with Crippen LogP contribution in [0.4, 0.5) is 5.69 Å². The standard InChI is InChI=1S/C10H11N2O/c1-8-7-10(13)12(11-8)9-5-3-2-4-6-9/h2-8,11H,1H3. The van der Waals surface area contributed by atoms with Gasteiger partial charge in [-0.25, -0.2) is 10.4 Å². The van der Waals surface area contributed by atoms with Crippen molar-refractivity contribution in [1.29, 1.82) is 0 Å². The molecule has 1 fully saturated rings. The monoisotopic (exact) mass is 175 g/mol. The molecule has 1 atom stereocenters. The smallest absolute Gasteiger partial charge is 0.246 e. The van der Waals surface area contributed by atoms with Crippen LogP contribution in [0.3, 0.4) is 0 Å². The van der Waals surface area contributed by atoms with E-state index in [1.165, 1.54) is 0 Å². The maximum Gasteiger partial charge on any atom is 0.246 e. The Morgan fingerprint density at radius 2 is 2.00 bits per heavy atom. The fraction of sp³-hybridized carbons (Fsp3) is 0.200. The molecule has 1 radical (unpaired) electrons. The van der Waals surface area contributed by atoms with E-state index in [1.54, 1.807) is 11.4 Å². The highest BCUT2D eigenvalue weighted by Crippen LogP contribution is 2.16. The van der Waals surface area contributed by atoms with Gasteiger partial charge in [0.2, 0.25) is 5.91 Å². The van der Waals surface area contributed by atoms with Gasteiger partial charge in [-0.2, -0.15) is 0 Å². The maximum atomic E-state index is 11.4. The molecule has 1 saturated heterocycles. The lowest BCUT2D eigenvalue weighted by Gasteiger charge is -2.16. The summed E-state index contributed by atoms with van der Waals surface area (Å²) in [6.45, 7) is 1.95. The summed E-state index contributed by atoms with van der Waals surface area (Å²) in [6, 6.07) is 9.67. The highest BCUT2D eigenvalue weighted by Gasteiger charge is 2.27. The fourth-order valence-electron chi connectivity index (χ4n) is 1.37. The Morgan fingerprint density at radius 3 is 2.54 bits per heavy atom. The van der Waals surface area contributed by atoms with Crippen molar-refractivity contribution in [3.05, 3.63) is 36.8 Å². The number of para-hydroxylation sites is 1. The normalized spacial score (nSPS) is 22.4. The van der Waals surface area contributed by atoms with Crippen LogP contribution in [0.2, 0.25) is 0 Å². The molecule has 1 N–H and O–H groups in total. The zero-order chi connectivity index (χ0) is 9.26. The Hall–Kier alpha value is -1.35. The fourth-order valence-corrected chi connectivity index (χ4v) is 1.37. The molecule has 3 heteroatoms. The Balaban J connectivity index is 2.23. The molecule has 0 aliphatic carbocycles. The van der Waals surface area contributed by atoms with Crippen molar-refractivity contribution < 1.29 is 4.79 Å². The highest BCUT2D eigenvalue weighted by atomic mass is 16.2. The molecule has 0 aromatic heterocycles. The summed E-state index contributed by atoms with van der Waals surface area (Å²) in [6.07, 6.45) is 1.66. The lowest BCUT2D eigenvalue weighted by Crippen LogP contribution is -2.36. The molecule has 2 rings (SSSR count). The van der Waals surface area contributed by atoms with Crippen LogP contribution in [0, 0.1) is 6.42 Å². The van der Waals surface area contributed by atoms with E-state index in [-0.39, 0.29) is 11.9 Å². The number of amides is 1. The molecule has 0 saturated carbocycles. The van der Waals surface area contributed by atoms with Gasteiger partial charge in [0.05, 0.1) is 12.1 Å². The molecular formula is C10H11N2O. The van der Waals surface area contributed by atoms with Crippen LogP contribution in [0.1, 0.15) is 6.92 Å². The number of nitrogens with zero attached hydrogens (tertiary/aromatic N) is 1. The van der Waals surface area contributed by atoms with Gasteiger partial charge in [0, 0.05) is 6.04 Å². The number of hydrogen-bond acceptors (Lipinski definition) is 2. The first-order valence-electron chi connectivity index (χ1n) is 4.27. The molecule has 1 aliphatic heterocycles. The molecule has 1 aromatic rings. The van der Waals surface area contributed by atoms with Gasteiger partial charge in [0.1, 0.15) is 0 Å². The Kier molecular flexibility index (Phi) is 2.02. The van der Waals surface area contributed by atoms with E-state index in [4.69, 9.17) is 0 Å². The van der Waals surface area contributed by atoms with Gasteiger partial charge < -0.3 is 0 Å². The second-order valence-electron chi connectivity index (χ2n) is 3.09. The van der Waals surface area contributed by atoms with Crippen molar-refractivity contribution in [3.8, 4) is 0 Å². The number of carbonyl (C=O) groups is 1. The summed E-state index contributed by atoms with van der Waals surface area (Å²) in [5.41, 5.74) is 3.93. The number of carbonyl (C=O) groups excluding carboxylic acids is 1. The molecule has 0 spiro atoms. The summed E-state index contributed by atoms with van der Waals surface area (Å²) >= 11 is 0. The SMILES string of the molecule is CC1[CH]C(=O)N(c2ccccc2)N1. The van der Waals surface area contributed by atoms with Crippen LogP contribution >= 0.6 is 0 Å². The van der Waals surface area contributed by atoms with Crippen LogP contribution < -0.4 is 10.4 Å². The molecule has 1 unspecified atom stereocenters. The predicted molar refractivity (Wildman–Crippen MR) is 50.8 cm³/mol. The number of benzene rings is 1. The van der Waals surface area contributed by atoms with Gasteiger partial charge in [0.15, 0.2) is 0 Å². The minimum absolute atomic E-state index is 0.0127. The molecule has 13 heavy (non-hydrogen) atoms. The van der Waals surface area contributed by atoms with Crippen LogP contribution in [-0.4, -0.2) is 11.9 Å². The molecular weight excluding hydrogens is 164 g/mol. The van der Waals surface area contributed by atoms with Gasteiger partial charge in [-0.3, -0.25) is 4.79 Å². The molecule has 1 aromatic carbocycles. The van der Waals surface area contributed by atoms with E-state index < -0.39 is 0 Å². The number of anilines is 1. The molecule has 3 nitrogen and oxygen atoms in total. The second kappa shape index (κ2) is 3.18. The summed E-state index contributed by atoms with van der Waals surface area (Å²) < 4.78 is 0. The largest absolute Gasteiger partial charge is 0.273 e. The predicted octanol–water partition coefficient (Wildman–Crippen LogP) is 1.13. The van der Waals surface area contributed by atoms with Crippen molar-refractivity contribution in [2.24, 2.45) is 0 Å². The first kappa shape index (κ1) is 8.26. The Morgan fingerprint density at radius 1 is 1.31 bits per heavy atom. The third-order valence-corrected chi connectivity index (χ3v) is 1.96. The number of hydrazine groups is 1. The van der Waals surface area contributed by atoms with Gasteiger partial charge in [-0.15, -0.1) is 0 Å². The third-order valence-electron chi connectivity index (χ3n) is 1.96. The third kappa shape index (κ3) is 1.55. The maximum absolute atomic E-state index is 11.4. The molecule has 0 bridgehead atoms. The van der Waals surface area contributed by atoms with Crippen molar-refractivity contribution in [2.45, 2.75) is 13.0 Å². The summed E-state index contributed by atoms with van der Waals surface area (Å²) in [5, 5.41) is 1.56. The lowest BCUT2D eigenvalue weighted by molar-refractivity contribution is -0.114. The first-order chi connectivity index (χ1) is 6.27. The Bertz CT molecular complexity index is 310. The zero-order valence-corrected chi connectivity index (χ0v) is 7.40. The van der Waals surface area contributed by atoms with E-state index >= 15 is 0 Å². The van der Waals surface area contributed by atoms with Crippen LogP contribution in [0.25, 0.3) is 0 Å². The van der Waals surface area contributed by atoms with E-state index in [2.05, 4.69) is 5.43 Å². The van der Waals surface area contributed by atoms with Crippen molar-refractivity contribution in [1.82, 2.24) is 5.43 Å². The Labute approximate surface area is 77.3 Å². The zero-order valence-electron chi connectivity index (χ0n) is 7.40. The summed E-state index contributed by atoms with van der Waals surface area (Å²) in [7, 11) is 0. The molecule has 1 amide bonds. The average molecular weight is 175 g/mol. The van der Waals surface area contributed by atoms with Crippen LogP contribution in [-0.2, 0) is 4.79 Å². The molecule has 1 heterocycles. The number of nitrogens with one attached hydrogen (secondary N) is 1. The van der Waals surface area contributed by atoms with Crippen LogP contribution in [0.5, 0.6) is 0 Å². The van der Waals surface area contributed by atoms with Crippen molar-refractivity contribution in [2.75, 3.05) is 5.01 Å². The summed E-state index contributed by atoms with van der Waals surface area (Å²) in [5.74, 6) is 0.0127. The molecule has 67 valence electrons. The number of rotatable bonds is 1. The van der Waals surface area contributed by atoms with Gasteiger partial charge in [-0.1, -0.05) is 18.2 Å². The number of hydrogen-bond donors (Lipinski definition) is 1. The highest BCUT2D eigenvalue weighted by molar-refractivity contribution is 6.01. The minimum Gasteiger partial charge on any atom is -0.273 e. The van der Waals surface area contributed by atoms with Crippen molar-refractivity contribution in [3.63, 3.8) is 0 Å². The average Bonchev–Trinajstić information content (AvgIpc) is 2.47. The lowest BCUT2D eigenvalue weighted by atomic mass is 10.2. The van der Waals surface area contributed by atoms with E-state index in [0.717, 1.165) is 5.69 Å². The van der Waals surface area contributed by atoms with Gasteiger partial charge >= 0.3 is 0 Å². The minimum atomic E-state index is 0.0127. The molecule has 1 aliphatic rings. The van der Waals surface area contributed by atoms with Crippen LogP contribution in [0.15, 0.2) is 30.3 Å². The van der Waals surface area contributed by atoms with Crippen molar-refractivity contribution >= 4 is 11.6 Å². The van der Waals surface area contributed by atoms with E-state index in [1.807, 2.05) is 37.3 Å². The van der Waals surface area contributed by atoms with E-state index in [0.29, 0.717) is 0 Å². The topological polar surface area (TPSA) is 32.3 Å².